The predicted molar refractivity (Wildman–Crippen MR) is 94.5 cm³/mol. The van der Waals surface area contributed by atoms with Crippen LogP contribution in [0.5, 0.6) is 0 Å². The zero-order valence-corrected chi connectivity index (χ0v) is 14.6. The molecule has 0 aromatic heterocycles. The molecule has 2 atom stereocenters. The summed E-state index contributed by atoms with van der Waals surface area (Å²) >= 11 is 0. The first kappa shape index (κ1) is 16.5. The van der Waals surface area contributed by atoms with Crippen LogP contribution in [-0.2, 0) is 5.41 Å². The lowest BCUT2D eigenvalue weighted by molar-refractivity contribution is 0.0485. The SMILES string of the molecule is CC(C)CCN1CCC2(c3cccc(C(N)=O)c3)CCCC1C2. The van der Waals surface area contributed by atoms with Crippen LogP contribution in [0.2, 0.25) is 0 Å². The van der Waals surface area contributed by atoms with Gasteiger partial charge < -0.3 is 10.6 Å². The van der Waals surface area contributed by atoms with E-state index in [-0.39, 0.29) is 11.3 Å². The van der Waals surface area contributed by atoms with Crippen molar-refractivity contribution in [3.05, 3.63) is 35.4 Å². The number of piperidine rings is 1. The molecular weight excluding hydrogens is 284 g/mol. The van der Waals surface area contributed by atoms with Crippen molar-refractivity contribution in [1.29, 1.82) is 0 Å². The maximum Gasteiger partial charge on any atom is 0.248 e. The first-order valence-electron chi connectivity index (χ1n) is 9.14. The van der Waals surface area contributed by atoms with Gasteiger partial charge in [-0.05, 0) is 74.2 Å². The average molecular weight is 314 g/mol. The second-order valence-electron chi connectivity index (χ2n) is 7.94. The highest BCUT2D eigenvalue weighted by Gasteiger charge is 2.43. The first-order chi connectivity index (χ1) is 11.0. The van der Waals surface area contributed by atoms with Crippen molar-refractivity contribution in [1.82, 2.24) is 4.90 Å². The largest absolute Gasteiger partial charge is 0.366 e. The molecule has 3 rings (SSSR count). The summed E-state index contributed by atoms with van der Waals surface area (Å²) in [5.74, 6) is 0.461. The molecular formula is C20H30N2O. The fourth-order valence-corrected chi connectivity index (χ4v) is 4.54. The highest BCUT2D eigenvalue weighted by atomic mass is 16.1. The van der Waals surface area contributed by atoms with Crippen molar-refractivity contribution in [3.8, 4) is 0 Å². The molecule has 1 amide bonds. The van der Waals surface area contributed by atoms with E-state index in [9.17, 15) is 4.79 Å². The molecule has 3 nitrogen and oxygen atoms in total. The lowest BCUT2D eigenvalue weighted by Crippen LogP contribution is -2.52. The molecule has 0 spiro atoms. The molecule has 23 heavy (non-hydrogen) atoms. The van der Waals surface area contributed by atoms with E-state index < -0.39 is 0 Å². The minimum Gasteiger partial charge on any atom is -0.366 e. The van der Waals surface area contributed by atoms with Crippen molar-refractivity contribution < 1.29 is 4.79 Å². The van der Waals surface area contributed by atoms with Gasteiger partial charge in [0.1, 0.15) is 0 Å². The number of hydrogen-bond donors (Lipinski definition) is 1. The topological polar surface area (TPSA) is 46.3 Å². The predicted octanol–water partition coefficient (Wildman–Crippen LogP) is 3.72. The summed E-state index contributed by atoms with van der Waals surface area (Å²) in [6.45, 7) is 7.05. The minimum atomic E-state index is -0.315. The summed E-state index contributed by atoms with van der Waals surface area (Å²) in [6, 6.07) is 8.81. The van der Waals surface area contributed by atoms with Gasteiger partial charge in [0.05, 0.1) is 0 Å². The van der Waals surface area contributed by atoms with Crippen molar-refractivity contribution in [2.24, 2.45) is 11.7 Å². The van der Waals surface area contributed by atoms with Gasteiger partial charge in [0.2, 0.25) is 5.91 Å². The van der Waals surface area contributed by atoms with Crippen molar-refractivity contribution in [2.45, 2.75) is 63.8 Å². The van der Waals surface area contributed by atoms with E-state index in [4.69, 9.17) is 5.73 Å². The standard InChI is InChI=1S/C20H30N2O/c1-15(2)8-11-22-12-10-20(9-4-7-18(22)14-20)17-6-3-5-16(13-17)19(21)23/h3,5-6,13,15,18H,4,7-12,14H2,1-2H3,(H2,21,23). The van der Waals surface area contributed by atoms with Gasteiger partial charge in [0, 0.05) is 11.6 Å². The van der Waals surface area contributed by atoms with Gasteiger partial charge in [-0.1, -0.05) is 32.4 Å². The molecule has 1 saturated carbocycles. The fourth-order valence-electron chi connectivity index (χ4n) is 4.54. The minimum absolute atomic E-state index is 0.267. The number of likely N-dealkylation sites (tertiary alicyclic amines) is 1. The lowest BCUT2D eigenvalue weighted by atomic mass is 9.63. The van der Waals surface area contributed by atoms with Crippen LogP contribution in [0.25, 0.3) is 0 Å². The Labute approximate surface area is 140 Å². The van der Waals surface area contributed by atoms with Gasteiger partial charge in [-0.25, -0.2) is 0 Å². The number of benzene rings is 1. The van der Waals surface area contributed by atoms with Gasteiger partial charge in [-0.2, -0.15) is 0 Å². The number of nitrogens with zero attached hydrogens (tertiary/aromatic N) is 1. The van der Waals surface area contributed by atoms with E-state index in [1.54, 1.807) is 0 Å². The summed E-state index contributed by atoms with van der Waals surface area (Å²) in [4.78, 5) is 14.2. The normalized spacial score (nSPS) is 28.0. The molecule has 2 N–H and O–H groups in total. The van der Waals surface area contributed by atoms with Crippen LogP contribution in [0.4, 0.5) is 0 Å². The van der Waals surface area contributed by atoms with Gasteiger partial charge in [-0.3, -0.25) is 4.79 Å². The quantitative estimate of drug-likeness (QED) is 0.900. The van der Waals surface area contributed by atoms with Crippen LogP contribution in [0.15, 0.2) is 24.3 Å². The number of rotatable bonds is 5. The summed E-state index contributed by atoms with van der Waals surface area (Å²) in [6.07, 6.45) is 7.63. The average Bonchev–Trinajstić information content (AvgIpc) is 2.54. The third-order valence-electron chi connectivity index (χ3n) is 5.97. The van der Waals surface area contributed by atoms with Gasteiger partial charge in [0.15, 0.2) is 0 Å². The smallest absolute Gasteiger partial charge is 0.248 e. The second kappa shape index (κ2) is 6.64. The van der Waals surface area contributed by atoms with E-state index in [2.05, 4.69) is 30.9 Å². The Balaban J connectivity index is 1.78. The number of nitrogens with two attached hydrogens (primary N) is 1. The van der Waals surface area contributed by atoms with E-state index >= 15 is 0 Å². The maximum absolute atomic E-state index is 11.5. The molecule has 1 aliphatic heterocycles. The zero-order chi connectivity index (χ0) is 16.4. The van der Waals surface area contributed by atoms with Crippen LogP contribution < -0.4 is 5.73 Å². The summed E-state index contributed by atoms with van der Waals surface area (Å²) < 4.78 is 0. The van der Waals surface area contributed by atoms with Crippen LogP contribution in [0.3, 0.4) is 0 Å². The van der Waals surface area contributed by atoms with E-state index in [0.717, 1.165) is 5.92 Å². The van der Waals surface area contributed by atoms with Gasteiger partial charge in [0.25, 0.3) is 0 Å². The van der Waals surface area contributed by atoms with Crippen LogP contribution >= 0.6 is 0 Å². The molecule has 1 aliphatic carbocycles. The highest BCUT2D eigenvalue weighted by Crippen LogP contribution is 2.47. The van der Waals surface area contributed by atoms with Crippen molar-refractivity contribution >= 4 is 5.91 Å². The van der Waals surface area contributed by atoms with Gasteiger partial charge in [-0.15, -0.1) is 0 Å². The third-order valence-corrected chi connectivity index (χ3v) is 5.97. The Morgan fingerprint density at radius 1 is 1.39 bits per heavy atom. The molecule has 1 heterocycles. The molecule has 2 fully saturated rings. The molecule has 3 heteroatoms. The summed E-state index contributed by atoms with van der Waals surface area (Å²) in [7, 11) is 0. The van der Waals surface area contributed by atoms with E-state index in [0.29, 0.717) is 11.6 Å². The van der Waals surface area contributed by atoms with Crippen molar-refractivity contribution in [3.63, 3.8) is 0 Å². The van der Waals surface area contributed by atoms with Crippen LogP contribution in [0, 0.1) is 5.92 Å². The fraction of sp³-hybridized carbons (Fsp3) is 0.650. The third kappa shape index (κ3) is 3.45. The number of hydrogen-bond acceptors (Lipinski definition) is 2. The number of primary amides is 1. The Hall–Kier alpha value is -1.35. The molecule has 1 aromatic carbocycles. The lowest BCUT2D eigenvalue weighted by Gasteiger charge is -2.51. The number of amides is 1. The Morgan fingerprint density at radius 2 is 2.22 bits per heavy atom. The molecule has 2 bridgehead atoms. The number of fused-ring (bicyclic) bond motifs is 2. The Bertz CT molecular complexity index is 569. The van der Waals surface area contributed by atoms with Gasteiger partial charge >= 0.3 is 0 Å². The highest BCUT2D eigenvalue weighted by molar-refractivity contribution is 5.92. The molecule has 0 radical (unpaired) electrons. The molecule has 2 aliphatic rings. The van der Waals surface area contributed by atoms with Crippen LogP contribution in [0.1, 0.15) is 68.3 Å². The number of carbonyl (C=O) groups excluding carboxylic acids is 1. The molecule has 2 unspecified atom stereocenters. The first-order valence-corrected chi connectivity index (χ1v) is 9.14. The second-order valence-corrected chi connectivity index (χ2v) is 7.94. The molecule has 126 valence electrons. The Kier molecular flexibility index (Phi) is 4.77. The van der Waals surface area contributed by atoms with E-state index in [1.807, 2.05) is 12.1 Å². The number of carbonyl (C=O) groups is 1. The molecule has 1 saturated heterocycles. The van der Waals surface area contributed by atoms with E-state index in [1.165, 1.54) is 57.2 Å². The summed E-state index contributed by atoms with van der Waals surface area (Å²) in [5, 5.41) is 0. The Morgan fingerprint density at radius 3 is 2.96 bits per heavy atom. The zero-order valence-electron chi connectivity index (χ0n) is 14.6. The van der Waals surface area contributed by atoms with Crippen molar-refractivity contribution in [2.75, 3.05) is 13.1 Å². The molecule has 1 aromatic rings. The summed E-state index contributed by atoms with van der Waals surface area (Å²) in [5.41, 5.74) is 7.74. The monoisotopic (exact) mass is 314 g/mol. The van der Waals surface area contributed by atoms with Crippen LogP contribution in [-0.4, -0.2) is 29.9 Å². The maximum atomic E-state index is 11.5.